The number of anilines is 1. The van der Waals surface area contributed by atoms with E-state index in [9.17, 15) is 9.59 Å². The quantitative estimate of drug-likeness (QED) is 0.578. The maximum atomic E-state index is 11.9. The molecule has 1 aromatic carbocycles. The van der Waals surface area contributed by atoms with Gasteiger partial charge in [0.2, 0.25) is 0 Å². The lowest BCUT2D eigenvalue weighted by molar-refractivity contribution is -0.156. The number of piperidine rings is 1. The number of hydrogen-bond donors (Lipinski definition) is 0. The number of carbonyl (C=O) groups excluding carboxylic acids is 2. The second kappa shape index (κ2) is 7.47. The Morgan fingerprint density at radius 1 is 1.35 bits per heavy atom. The van der Waals surface area contributed by atoms with Crippen LogP contribution in [0.5, 0.6) is 0 Å². The summed E-state index contributed by atoms with van der Waals surface area (Å²) in [4.78, 5) is 25.5. The van der Waals surface area contributed by atoms with Crippen molar-refractivity contribution in [3.05, 3.63) is 28.2 Å². The Morgan fingerprint density at radius 2 is 2.00 bits per heavy atom. The van der Waals surface area contributed by atoms with Crippen LogP contribution >= 0.6 is 15.9 Å². The molecule has 5 heteroatoms. The van der Waals surface area contributed by atoms with Gasteiger partial charge in [-0.3, -0.25) is 9.59 Å². The van der Waals surface area contributed by atoms with Gasteiger partial charge in [-0.25, -0.2) is 0 Å². The van der Waals surface area contributed by atoms with Gasteiger partial charge in [-0.1, -0.05) is 6.07 Å². The van der Waals surface area contributed by atoms with E-state index < -0.39 is 5.60 Å². The first-order valence-electron chi connectivity index (χ1n) is 8.00. The normalized spacial score (nSPS) is 16.3. The number of benzene rings is 1. The largest absolute Gasteiger partial charge is 0.460 e. The van der Waals surface area contributed by atoms with E-state index in [4.69, 9.17) is 4.74 Å². The van der Waals surface area contributed by atoms with E-state index in [2.05, 4.69) is 20.8 Å². The van der Waals surface area contributed by atoms with Crippen LogP contribution in [0.2, 0.25) is 0 Å². The molecule has 1 saturated heterocycles. The molecule has 0 aromatic heterocycles. The van der Waals surface area contributed by atoms with Crippen molar-refractivity contribution in [3.63, 3.8) is 0 Å². The SMILES string of the molecule is CC(C)(C)OC(=O)CC1CCN(c2cccc(Br)c2C=O)CC1. The molecule has 0 unspecified atom stereocenters. The Kier molecular flexibility index (Phi) is 5.84. The third-order valence-electron chi connectivity index (χ3n) is 3.98. The number of hydrogen-bond acceptors (Lipinski definition) is 4. The molecule has 23 heavy (non-hydrogen) atoms. The zero-order chi connectivity index (χ0) is 17.0. The third-order valence-corrected chi connectivity index (χ3v) is 4.67. The van der Waals surface area contributed by atoms with E-state index in [0.29, 0.717) is 17.9 Å². The fourth-order valence-electron chi connectivity index (χ4n) is 2.91. The van der Waals surface area contributed by atoms with Crippen LogP contribution in [0.1, 0.15) is 50.4 Å². The van der Waals surface area contributed by atoms with E-state index in [0.717, 1.165) is 42.4 Å². The van der Waals surface area contributed by atoms with E-state index in [1.165, 1.54) is 0 Å². The molecular weight excluding hydrogens is 358 g/mol. The molecule has 0 radical (unpaired) electrons. The minimum Gasteiger partial charge on any atom is -0.460 e. The first-order chi connectivity index (χ1) is 10.8. The van der Waals surface area contributed by atoms with E-state index >= 15 is 0 Å². The molecule has 126 valence electrons. The molecule has 4 nitrogen and oxygen atoms in total. The predicted octanol–water partition coefficient (Wildman–Crippen LogP) is 4.21. The minimum absolute atomic E-state index is 0.119. The molecule has 1 heterocycles. The van der Waals surface area contributed by atoms with Crippen molar-refractivity contribution in [2.75, 3.05) is 18.0 Å². The Hall–Kier alpha value is -1.36. The average molecular weight is 382 g/mol. The van der Waals surface area contributed by atoms with Crippen LogP contribution in [0.3, 0.4) is 0 Å². The van der Waals surface area contributed by atoms with E-state index in [1.807, 2.05) is 39.0 Å². The van der Waals surface area contributed by atoms with Gasteiger partial charge in [0.05, 0.1) is 5.56 Å². The molecular formula is C18H24BrNO3. The fourth-order valence-corrected chi connectivity index (χ4v) is 3.36. The Labute approximate surface area is 146 Å². The predicted molar refractivity (Wildman–Crippen MR) is 94.9 cm³/mol. The summed E-state index contributed by atoms with van der Waals surface area (Å²) in [6.45, 7) is 7.38. The van der Waals surface area contributed by atoms with Gasteiger partial charge in [0.1, 0.15) is 5.60 Å². The van der Waals surface area contributed by atoms with Gasteiger partial charge in [-0.05, 0) is 67.6 Å². The first kappa shape index (κ1) is 18.0. The van der Waals surface area contributed by atoms with Gasteiger partial charge < -0.3 is 9.64 Å². The highest BCUT2D eigenvalue weighted by Crippen LogP contribution is 2.31. The standard InChI is InChI=1S/C18H24BrNO3/c1-18(2,3)23-17(22)11-13-7-9-20(10-8-13)16-6-4-5-15(19)14(16)12-21/h4-6,12-13H,7-11H2,1-3H3. The molecule has 1 aliphatic rings. The molecule has 1 fully saturated rings. The summed E-state index contributed by atoms with van der Waals surface area (Å²) in [7, 11) is 0. The van der Waals surface area contributed by atoms with Gasteiger partial charge in [0, 0.05) is 29.7 Å². The summed E-state index contributed by atoms with van der Waals surface area (Å²) < 4.78 is 6.22. The number of aldehydes is 1. The van der Waals surface area contributed by atoms with Crippen LogP contribution in [0.25, 0.3) is 0 Å². The van der Waals surface area contributed by atoms with Crippen LogP contribution in [-0.4, -0.2) is 30.9 Å². The molecule has 1 aromatic rings. The molecule has 2 rings (SSSR count). The summed E-state index contributed by atoms with van der Waals surface area (Å²) in [5.74, 6) is 0.236. The Bertz CT molecular complexity index is 572. The van der Waals surface area contributed by atoms with Crippen molar-refractivity contribution in [1.29, 1.82) is 0 Å². The lowest BCUT2D eigenvalue weighted by Gasteiger charge is -2.34. The lowest BCUT2D eigenvalue weighted by Crippen LogP contribution is -2.35. The Balaban J connectivity index is 1.93. The van der Waals surface area contributed by atoms with Gasteiger partial charge in [0.15, 0.2) is 6.29 Å². The van der Waals surface area contributed by atoms with Crippen molar-refractivity contribution in [2.45, 2.75) is 45.6 Å². The zero-order valence-corrected chi connectivity index (χ0v) is 15.6. The number of esters is 1. The summed E-state index contributed by atoms with van der Waals surface area (Å²) in [5.41, 5.74) is 1.23. The molecule has 1 aliphatic heterocycles. The number of ether oxygens (including phenoxy) is 1. The second-order valence-corrected chi connectivity index (χ2v) is 7.87. The molecule has 0 bridgehead atoms. The number of nitrogens with zero attached hydrogens (tertiary/aromatic N) is 1. The van der Waals surface area contributed by atoms with E-state index in [-0.39, 0.29) is 5.97 Å². The van der Waals surface area contributed by atoms with Gasteiger partial charge >= 0.3 is 5.97 Å². The van der Waals surface area contributed by atoms with Crippen molar-refractivity contribution >= 4 is 33.9 Å². The monoisotopic (exact) mass is 381 g/mol. The minimum atomic E-state index is -0.424. The van der Waals surface area contributed by atoms with Crippen molar-refractivity contribution in [1.82, 2.24) is 0 Å². The topological polar surface area (TPSA) is 46.6 Å². The number of carbonyl (C=O) groups is 2. The molecule has 0 amide bonds. The van der Waals surface area contributed by atoms with Crippen molar-refractivity contribution < 1.29 is 14.3 Å². The van der Waals surface area contributed by atoms with Gasteiger partial charge in [0.25, 0.3) is 0 Å². The highest BCUT2D eigenvalue weighted by molar-refractivity contribution is 9.10. The molecule has 0 spiro atoms. The van der Waals surface area contributed by atoms with Gasteiger partial charge in [-0.15, -0.1) is 0 Å². The number of halogens is 1. The third kappa shape index (κ3) is 5.06. The summed E-state index contributed by atoms with van der Waals surface area (Å²) in [6.07, 6.45) is 3.24. The maximum Gasteiger partial charge on any atom is 0.306 e. The van der Waals surface area contributed by atoms with E-state index in [1.54, 1.807) is 0 Å². The highest BCUT2D eigenvalue weighted by atomic mass is 79.9. The molecule has 0 aliphatic carbocycles. The fraction of sp³-hybridized carbons (Fsp3) is 0.556. The van der Waals surface area contributed by atoms with Gasteiger partial charge in [-0.2, -0.15) is 0 Å². The summed E-state index contributed by atoms with van der Waals surface area (Å²) in [5, 5.41) is 0. The lowest BCUT2D eigenvalue weighted by atomic mass is 9.93. The van der Waals surface area contributed by atoms with Crippen molar-refractivity contribution in [3.8, 4) is 0 Å². The van der Waals surface area contributed by atoms with Crippen LogP contribution in [0.4, 0.5) is 5.69 Å². The van der Waals surface area contributed by atoms with Crippen LogP contribution < -0.4 is 4.90 Å². The molecule has 0 atom stereocenters. The zero-order valence-electron chi connectivity index (χ0n) is 14.0. The summed E-state index contributed by atoms with van der Waals surface area (Å²) in [6, 6.07) is 5.80. The van der Waals surface area contributed by atoms with Crippen molar-refractivity contribution in [2.24, 2.45) is 5.92 Å². The van der Waals surface area contributed by atoms with Crippen LogP contribution in [-0.2, 0) is 9.53 Å². The maximum absolute atomic E-state index is 11.9. The summed E-state index contributed by atoms with van der Waals surface area (Å²) >= 11 is 3.43. The van der Waals surface area contributed by atoms with Crippen LogP contribution in [0, 0.1) is 5.92 Å². The smallest absolute Gasteiger partial charge is 0.306 e. The van der Waals surface area contributed by atoms with Crippen LogP contribution in [0.15, 0.2) is 22.7 Å². The number of rotatable bonds is 4. The first-order valence-corrected chi connectivity index (χ1v) is 8.80. The molecule has 0 saturated carbocycles. The highest BCUT2D eigenvalue weighted by Gasteiger charge is 2.25. The average Bonchev–Trinajstić information content (AvgIpc) is 2.45. The second-order valence-electron chi connectivity index (χ2n) is 7.01. The molecule has 0 N–H and O–H groups in total. The Morgan fingerprint density at radius 3 is 2.57 bits per heavy atom.